The minimum absolute atomic E-state index is 0.154. The van der Waals surface area contributed by atoms with Gasteiger partial charge in [0.2, 0.25) is 0 Å². The van der Waals surface area contributed by atoms with Crippen LogP contribution < -0.4 is 14.8 Å². The predicted octanol–water partition coefficient (Wildman–Crippen LogP) is 4.51. The molecule has 7 nitrogen and oxygen atoms in total. The monoisotopic (exact) mass is 462 g/mol. The Hall–Kier alpha value is -3.65. The van der Waals surface area contributed by atoms with Crippen LogP contribution in [0.4, 0.5) is 0 Å². The van der Waals surface area contributed by atoms with Crippen molar-refractivity contribution in [3.63, 3.8) is 0 Å². The molecule has 0 bridgehead atoms. The van der Waals surface area contributed by atoms with Crippen molar-refractivity contribution in [3.05, 3.63) is 87.6 Å². The van der Waals surface area contributed by atoms with Crippen LogP contribution in [0.2, 0.25) is 0 Å². The maximum Gasteiger partial charge on any atom is 0.251 e. The molecule has 4 aromatic rings. The molecule has 2 aromatic carbocycles. The van der Waals surface area contributed by atoms with Crippen LogP contribution in [0.15, 0.2) is 59.4 Å². The van der Waals surface area contributed by atoms with Crippen molar-refractivity contribution in [2.75, 3.05) is 13.7 Å². The fourth-order valence-electron chi connectivity index (χ4n) is 3.51. The molecular formula is C25H26N4O3S. The van der Waals surface area contributed by atoms with Crippen molar-refractivity contribution in [1.29, 1.82) is 0 Å². The summed E-state index contributed by atoms with van der Waals surface area (Å²) in [6, 6.07) is 15.4. The van der Waals surface area contributed by atoms with E-state index in [0.717, 1.165) is 34.8 Å². The highest BCUT2D eigenvalue weighted by Gasteiger charge is 2.12. The van der Waals surface area contributed by atoms with Gasteiger partial charge in [-0.15, -0.1) is 11.3 Å². The van der Waals surface area contributed by atoms with E-state index in [1.54, 1.807) is 30.8 Å². The Balaban J connectivity index is 1.31. The van der Waals surface area contributed by atoms with Gasteiger partial charge in [-0.2, -0.15) is 5.10 Å². The smallest absolute Gasteiger partial charge is 0.251 e. The number of benzene rings is 2. The number of aryl methyl sites for hydroxylation is 2. The molecule has 1 N–H and O–H groups in total. The molecular weight excluding hydrogens is 436 g/mol. The highest BCUT2D eigenvalue weighted by atomic mass is 32.1. The number of nitrogens with zero attached hydrogens (tertiary/aromatic N) is 3. The first kappa shape index (κ1) is 22.5. The average Bonchev–Trinajstić information content (AvgIpc) is 3.47. The van der Waals surface area contributed by atoms with Gasteiger partial charge in [-0.05, 0) is 62.2 Å². The van der Waals surface area contributed by atoms with Crippen molar-refractivity contribution in [3.8, 4) is 17.2 Å². The third kappa shape index (κ3) is 5.59. The molecule has 2 aromatic heterocycles. The van der Waals surface area contributed by atoms with Crippen molar-refractivity contribution in [2.24, 2.45) is 0 Å². The van der Waals surface area contributed by atoms with Gasteiger partial charge >= 0.3 is 0 Å². The lowest BCUT2D eigenvalue weighted by Crippen LogP contribution is -2.25. The molecule has 8 heteroatoms. The van der Waals surface area contributed by atoms with E-state index in [9.17, 15) is 4.79 Å². The quantitative estimate of drug-likeness (QED) is 0.396. The summed E-state index contributed by atoms with van der Waals surface area (Å²) in [7, 11) is 1.56. The van der Waals surface area contributed by atoms with Crippen LogP contribution in [-0.4, -0.2) is 34.3 Å². The second-order valence-corrected chi connectivity index (χ2v) is 8.36. The minimum Gasteiger partial charge on any atom is -0.493 e. The molecule has 0 fully saturated rings. The molecule has 0 aliphatic heterocycles. The van der Waals surface area contributed by atoms with E-state index in [1.807, 2.05) is 36.0 Å². The molecule has 0 saturated heterocycles. The molecule has 0 radical (unpaired) electrons. The van der Waals surface area contributed by atoms with Gasteiger partial charge in [0.25, 0.3) is 5.91 Å². The average molecular weight is 463 g/mol. The molecule has 0 unspecified atom stereocenters. The molecule has 0 aliphatic rings. The number of rotatable bonds is 9. The number of carbonyl (C=O) groups excluding carboxylic acids is 1. The summed E-state index contributed by atoms with van der Waals surface area (Å²) in [4.78, 5) is 16.8. The van der Waals surface area contributed by atoms with Crippen LogP contribution in [0.3, 0.4) is 0 Å². The molecule has 0 aliphatic carbocycles. The minimum atomic E-state index is -0.154. The summed E-state index contributed by atoms with van der Waals surface area (Å²) >= 11 is 1.52. The highest BCUT2D eigenvalue weighted by molar-refractivity contribution is 7.07. The number of methoxy groups -OCH3 is 1. The largest absolute Gasteiger partial charge is 0.493 e. The number of aromatic nitrogens is 3. The van der Waals surface area contributed by atoms with Crippen LogP contribution in [-0.2, 0) is 13.0 Å². The second kappa shape index (κ2) is 10.3. The van der Waals surface area contributed by atoms with Gasteiger partial charge < -0.3 is 14.8 Å². The van der Waals surface area contributed by atoms with Gasteiger partial charge in [-0.25, -0.2) is 9.67 Å². The van der Waals surface area contributed by atoms with Gasteiger partial charge in [0.05, 0.1) is 29.7 Å². The number of carbonyl (C=O) groups is 1. The number of hydrogen-bond acceptors (Lipinski definition) is 6. The molecule has 4 rings (SSSR count). The Morgan fingerprint density at radius 1 is 1.09 bits per heavy atom. The van der Waals surface area contributed by atoms with Crippen LogP contribution in [0.5, 0.6) is 11.5 Å². The summed E-state index contributed by atoms with van der Waals surface area (Å²) in [5.41, 5.74) is 7.40. The SMILES string of the molecule is COc1cc(C(=O)NCCc2ccc(-n3nc(C)cc3C)cc2)ccc1OCc1cscn1. The highest BCUT2D eigenvalue weighted by Crippen LogP contribution is 2.29. The summed E-state index contributed by atoms with van der Waals surface area (Å²) in [6.45, 7) is 4.91. The number of amides is 1. The predicted molar refractivity (Wildman–Crippen MR) is 129 cm³/mol. The van der Waals surface area contributed by atoms with E-state index in [4.69, 9.17) is 9.47 Å². The Bertz CT molecular complexity index is 1220. The van der Waals surface area contributed by atoms with E-state index >= 15 is 0 Å². The van der Waals surface area contributed by atoms with E-state index in [-0.39, 0.29) is 5.91 Å². The summed E-state index contributed by atoms with van der Waals surface area (Å²) < 4.78 is 13.1. The number of thiazole rings is 1. The Morgan fingerprint density at radius 2 is 1.91 bits per heavy atom. The number of nitrogens with one attached hydrogen (secondary N) is 1. The lowest BCUT2D eigenvalue weighted by molar-refractivity contribution is 0.0953. The third-order valence-corrected chi connectivity index (χ3v) is 5.81. The van der Waals surface area contributed by atoms with E-state index in [2.05, 4.69) is 33.6 Å². The topological polar surface area (TPSA) is 78.3 Å². The van der Waals surface area contributed by atoms with Gasteiger partial charge in [0.1, 0.15) is 6.61 Å². The molecule has 0 atom stereocenters. The molecule has 0 spiro atoms. The van der Waals surface area contributed by atoms with Crippen LogP contribution in [0.1, 0.15) is 33.0 Å². The third-order valence-electron chi connectivity index (χ3n) is 5.17. The second-order valence-electron chi connectivity index (χ2n) is 7.65. The van der Waals surface area contributed by atoms with Crippen LogP contribution >= 0.6 is 11.3 Å². The molecule has 33 heavy (non-hydrogen) atoms. The van der Waals surface area contributed by atoms with E-state index in [1.165, 1.54) is 11.3 Å². The Labute approximate surface area is 197 Å². The fourth-order valence-corrected chi connectivity index (χ4v) is 4.05. The van der Waals surface area contributed by atoms with Gasteiger partial charge in [0, 0.05) is 23.2 Å². The summed E-state index contributed by atoms with van der Waals surface area (Å²) in [5.74, 6) is 0.931. The van der Waals surface area contributed by atoms with Crippen molar-refractivity contribution < 1.29 is 14.3 Å². The van der Waals surface area contributed by atoms with E-state index < -0.39 is 0 Å². The zero-order chi connectivity index (χ0) is 23.2. The van der Waals surface area contributed by atoms with Crippen molar-refractivity contribution in [2.45, 2.75) is 26.9 Å². The lowest BCUT2D eigenvalue weighted by Gasteiger charge is -2.12. The first-order valence-corrected chi connectivity index (χ1v) is 11.6. The normalized spacial score (nSPS) is 10.8. The zero-order valence-corrected chi connectivity index (χ0v) is 19.7. The van der Waals surface area contributed by atoms with Crippen molar-refractivity contribution >= 4 is 17.2 Å². The summed E-state index contributed by atoms with van der Waals surface area (Å²) in [5, 5.41) is 9.41. The first-order valence-electron chi connectivity index (χ1n) is 10.6. The molecule has 170 valence electrons. The Morgan fingerprint density at radius 3 is 2.58 bits per heavy atom. The number of hydrogen-bond donors (Lipinski definition) is 1. The number of ether oxygens (including phenoxy) is 2. The van der Waals surface area contributed by atoms with Gasteiger partial charge in [-0.3, -0.25) is 4.79 Å². The standard InChI is InChI=1S/C25H26N4O3S/c1-17-12-18(2)29(28-17)22-7-4-19(5-8-22)10-11-26-25(30)20-6-9-23(24(13-20)31-3)32-14-21-15-33-16-27-21/h4-9,12-13,15-16H,10-11,14H2,1-3H3,(H,26,30). The van der Waals surface area contributed by atoms with Crippen molar-refractivity contribution in [1.82, 2.24) is 20.1 Å². The van der Waals surface area contributed by atoms with Crippen LogP contribution in [0.25, 0.3) is 5.69 Å². The molecule has 1 amide bonds. The van der Waals surface area contributed by atoms with Gasteiger partial charge in [0.15, 0.2) is 11.5 Å². The van der Waals surface area contributed by atoms with Crippen LogP contribution in [0, 0.1) is 13.8 Å². The first-order chi connectivity index (χ1) is 16.0. The van der Waals surface area contributed by atoms with Gasteiger partial charge in [-0.1, -0.05) is 12.1 Å². The molecule has 2 heterocycles. The molecule has 0 saturated carbocycles. The lowest BCUT2D eigenvalue weighted by atomic mass is 10.1. The maximum atomic E-state index is 12.6. The maximum absolute atomic E-state index is 12.6. The fraction of sp³-hybridized carbons (Fsp3) is 0.240. The summed E-state index contributed by atoms with van der Waals surface area (Å²) in [6.07, 6.45) is 0.731. The Kier molecular flexibility index (Phi) is 7.04. The zero-order valence-electron chi connectivity index (χ0n) is 18.9. The van der Waals surface area contributed by atoms with E-state index in [0.29, 0.717) is 30.2 Å².